The summed E-state index contributed by atoms with van der Waals surface area (Å²) in [5, 5.41) is 43.4. The minimum atomic E-state index is -1.86. The van der Waals surface area contributed by atoms with Crippen LogP contribution < -0.4 is 19.9 Å². The first-order valence-electron chi connectivity index (χ1n) is 18.0. The molecule has 2 aliphatic heterocycles. The van der Waals surface area contributed by atoms with Crippen molar-refractivity contribution in [1.82, 2.24) is 20.3 Å². The van der Waals surface area contributed by atoms with Gasteiger partial charge in [0.25, 0.3) is 5.91 Å². The number of rotatable bonds is 16. The van der Waals surface area contributed by atoms with Gasteiger partial charge in [-0.25, -0.2) is 0 Å². The van der Waals surface area contributed by atoms with E-state index in [1.807, 2.05) is 86.8 Å². The van der Waals surface area contributed by atoms with Crippen LogP contribution in [0.4, 0.5) is 17.1 Å². The van der Waals surface area contributed by atoms with Crippen LogP contribution in [0.3, 0.4) is 0 Å². The van der Waals surface area contributed by atoms with Crippen molar-refractivity contribution in [1.29, 1.82) is 0 Å². The van der Waals surface area contributed by atoms with Gasteiger partial charge in [0.1, 0.15) is 5.75 Å². The molecule has 2 unspecified atom stereocenters. The summed E-state index contributed by atoms with van der Waals surface area (Å²) in [5.41, 5.74) is 3.02. The highest BCUT2D eigenvalue weighted by molar-refractivity contribution is 6.10. The number of aryl methyl sites for hydroxylation is 1. The third-order valence-corrected chi connectivity index (χ3v) is 10.1. The van der Waals surface area contributed by atoms with Crippen molar-refractivity contribution < 1.29 is 29.6 Å². The van der Waals surface area contributed by atoms with Crippen LogP contribution in [0, 0.1) is 5.92 Å². The lowest BCUT2D eigenvalue weighted by atomic mass is 9.82. The molecular weight excluding hydrogens is 660 g/mol. The molecule has 52 heavy (non-hydrogen) atoms. The topological polar surface area (TPSA) is 153 Å². The summed E-state index contributed by atoms with van der Waals surface area (Å²) in [4.78, 5) is 31.0. The van der Waals surface area contributed by atoms with E-state index in [0.29, 0.717) is 61.6 Å². The Balaban J connectivity index is 1.22. The average molecular weight is 709 g/mol. The van der Waals surface area contributed by atoms with E-state index in [2.05, 4.69) is 15.6 Å². The van der Waals surface area contributed by atoms with E-state index in [1.54, 1.807) is 28.8 Å². The molecule has 0 saturated carbocycles. The lowest BCUT2D eigenvalue weighted by Gasteiger charge is -2.35. The fourth-order valence-electron chi connectivity index (χ4n) is 7.19. The van der Waals surface area contributed by atoms with E-state index in [1.165, 1.54) is 4.90 Å². The average Bonchev–Trinajstić information content (AvgIpc) is 3.70. The molecule has 0 bridgehead atoms. The number of aliphatic hydroxyl groups is 3. The molecule has 0 radical (unpaired) electrons. The zero-order chi connectivity index (χ0) is 36.8. The molecule has 3 heterocycles. The van der Waals surface area contributed by atoms with Crippen LogP contribution in [-0.4, -0.2) is 81.6 Å². The zero-order valence-corrected chi connectivity index (χ0v) is 30.0. The van der Waals surface area contributed by atoms with Crippen LogP contribution in [0.25, 0.3) is 0 Å². The van der Waals surface area contributed by atoms with Crippen molar-refractivity contribution in [2.24, 2.45) is 5.92 Å². The third-order valence-electron chi connectivity index (χ3n) is 10.1. The van der Waals surface area contributed by atoms with Gasteiger partial charge in [0.15, 0.2) is 5.60 Å². The van der Waals surface area contributed by atoms with Crippen molar-refractivity contribution >= 4 is 28.9 Å². The van der Waals surface area contributed by atoms with E-state index >= 15 is 0 Å². The zero-order valence-electron chi connectivity index (χ0n) is 30.0. The highest BCUT2D eigenvalue weighted by Gasteiger charge is 2.52. The van der Waals surface area contributed by atoms with Crippen LogP contribution in [-0.2, 0) is 28.2 Å². The number of anilines is 3. The molecule has 12 nitrogen and oxygen atoms in total. The number of nitrogens with one attached hydrogen (secondary N) is 1. The van der Waals surface area contributed by atoms with E-state index in [4.69, 9.17) is 4.74 Å². The molecule has 12 heteroatoms. The van der Waals surface area contributed by atoms with E-state index in [9.17, 15) is 24.9 Å². The first-order chi connectivity index (χ1) is 25.2. The lowest BCUT2D eigenvalue weighted by molar-refractivity contribution is -0.139. The number of unbranched alkanes of at least 4 members (excludes halogenated alkanes) is 1. The number of aromatic nitrogens is 3. The Morgan fingerprint density at radius 1 is 1.06 bits per heavy atom. The van der Waals surface area contributed by atoms with Gasteiger partial charge >= 0.3 is 0 Å². The lowest BCUT2D eigenvalue weighted by Crippen LogP contribution is -2.49. The van der Waals surface area contributed by atoms with Crippen LogP contribution in [0.1, 0.15) is 61.4 Å². The Labute approximate surface area is 304 Å². The largest absolute Gasteiger partial charge is 0.494 e. The van der Waals surface area contributed by atoms with Crippen molar-refractivity contribution in [2.45, 2.75) is 63.6 Å². The van der Waals surface area contributed by atoms with Gasteiger partial charge in [0.2, 0.25) is 5.91 Å². The highest BCUT2D eigenvalue weighted by atomic mass is 16.5. The van der Waals surface area contributed by atoms with Gasteiger partial charge in [0.05, 0.1) is 42.2 Å². The number of benzene rings is 3. The number of allylic oxidation sites excluding steroid dienone is 1. The summed E-state index contributed by atoms with van der Waals surface area (Å²) in [5.74, 6) is -0.725. The second kappa shape index (κ2) is 16.2. The maximum Gasteiger partial charge on any atom is 0.264 e. The number of amides is 2. The molecule has 6 rings (SSSR count). The number of carbonyl (C=O) groups excluding carboxylic acids is 2. The molecule has 2 aliphatic rings. The van der Waals surface area contributed by atoms with Gasteiger partial charge in [-0.05, 0) is 86.7 Å². The van der Waals surface area contributed by atoms with E-state index in [0.717, 1.165) is 29.0 Å². The molecule has 274 valence electrons. The highest BCUT2D eigenvalue weighted by Crippen LogP contribution is 2.47. The van der Waals surface area contributed by atoms with Gasteiger partial charge in [0, 0.05) is 43.6 Å². The summed E-state index contributed by atoms with van der Waals surface area (Å²) in [7, 11) is 1.65. The first kappa shape index (κ1) is 36.9. The molecular formula is C40H48N6O6. The summed E-state index contributed by atoms with van der Waals surface area (Å²) in [6.07, 6.45) is 8.02. The van der Waals surface area contributed by atoms with Gasteiger partial charge in [-0.2, -0.15) is 0 Å². The van der Waals surface area contributed by atoms with Gasteiger partial charge in [-0.1, -0.05) is 54.6 Å². The number of hydrogen-bond donors (Lipinski definition) is 4. The molecule has 4 N–H and O–H groups in total. The van der Waals surface area contributed by atoms with Crippen molar-refractivity contribution in [3.63, 3.8) is 0 Å². The molecule has 3 aromatic carbocycles. The number of hydrogen-bond acceptors (Lipinski definition) is 9. The van der Waals surface area contributed by atoms with Crippen LogP contribution in [0.15, 0.2) is 85.1 Å². The molecule has 0 aliphatic carbocycles. The van der Waals surface area contributed by atoms with E-state index in [-0.39, 0.29) is 25.0 Å². The molecule has 4 aromatic rings. The van der Waals surface area contributed by atoms with Crippen molar-refractivity contribution in [3.05, 3.63) is 107 Å². The number of ether oxygens (including phenoxy) is 1. The second-order valence-electron chi connectivity index (χ2n) is 13.4. The standard InChI is InChI=1S/C40H48N6O6/c1-4-52-31-16-18-36-29(22-31)23-34(41-19-9-11-21-47)38(49)46(36)30-15-17-37-33(24-30)40(51,39(50)44(37)3)27(2)12-8-10-20-45-25-35(42-43-45)32(26-48)28-13-6-5-7-14-28/h5-8,12-18,22,24-25,27,32,34,41,47-48,51H,4,9-11,19-21,23,26H2,1-3H3/b12-8+/t27-,32?,34?,40+/m1/s1. The molecule has 4 atom stereocenters. The SMILES string of the molecule is CCOc1ccc2c(c1)CC(NCCCCO)C(=O)N2c1ccc2c(c1)[C@@](O)([C@H](C)/C=C/CCn1cc(C(CO)c3ccccc3)nn1)C(=O)N2C. The van der Waals surface area contributed by atoms with Crippen molar-refractivity contribution in [2.75, 3.05) is 43.2 Å². The monoisotopic (exact) mass is 708 g/mol. The third kappa shape index (κ3) is 7.24. The Bertz CT molecular complexity index is 1900. The summed E-state index contributed by atoms with van der Waals surface area (Å²) >= 11 is 0. The molecule has 1 aromatic heterocycles. The summed E-state index contributed by atoms with van der Waals surface area (Å²) in [6.45, 7) is 5.36. The first-order valence-corrected chi connectivity index (χ1v) is 18.0. The van der Waals surface area contributed by atoms with Crippen LogP contribution >= 0.6 is 0 Å². The Hall–Kier alpha value is -4.88. The summed E-state index contributed by atoms with van der Waals surface area (Å²) < 4.78 is 7.49. The van der Waals surface area contributed by atoms with Gasteiger partial charge < -0.3 is 30.3 Å². The predicted molar refractivity (Wildman–Crippen MR) is 199 cm³/mol. The maximum absolute atomic E-state index is 14.1. The second-order valence-corrected chi connectivity index (χ2v) is 13.4. The molecule has 0 fully saturated rings. The predicted octanol–water partition coefficient (Wildman–Crippen LogP) is 4.20. The number of nitrogens with zero attached hydrogens (tertiary/aromatic N) is 5. The maximum atomic E-state index is 14.1. The van der Waals surface area contributed by atoms with Gasteiger partial charge in [-0.3, -0.25) is 19.2 Å². The number of fused-ring (bicyclic) bond motifs is 2. The molecule has 2 amide bonds. The minimum absolute atomic E-state index is 0.0828. The van der Waals surface area contributed by atoms with Crippen LogP contribution in [0.5, 0.6) is 5.75 Å². The minimum Gasteiger partial charge on any atom is -0.494 e. The molecule has 0 saturated heterocycles. The molecule has 0 spiro atoms. The fourth-order valence-corrected chi connectivity index (χ4v) is 7.19. The number of aliphatic hydroxyl groups excluding tert-OH is 2. The smallest absolute Gasteiger partial charge is 0.264 e. The van der Waals surface area contributed by atoms with Crippen LogP contribution in [0.2, 0.25) is 0 Å². The van der Waals surface area contributed by atoms with Crippen molar-refractivity contribution in [3.8, 4) is 5.75 Å². The number of likely N-dealkylation sites (N-methyl/N-ethyl adjacent to an activating group) is 1. The quantitative estimate of drug-likeness (QED) is 0.0992. The van der Waals surface area contributed by atoms with E-state index < -0.39 is 23.5 Å². The van der Waals surface area contributed by atoms with Gasteiger partial charge in [-0.15, -0.1) is 5.10 Å². The number of carbonyl (C=O) groups is 2. The summed E-state index contributed by atoms with van der Waals surface area (Å²) in [6, 6.07) is 20.2. The normalized spacial score (nSPS) is 19.6. The Morgan fingerprint density at radius 3 is 2.60 bits per heavy atom. The fraction of sp³-hybridized carbons (Fsp3) is 0.400. The Kier molecular flexibility index (Phi) is 11.5. The Morgan fingerprint density at radius 2 is 1.85 bits per heavy atom.